The Balaban J connectivity index is 1.86. The van der Waals surface area contributed by atoms with E-state index in [1.165, 1.54) is 24.5 Å². The fraction of sp³-hybridized carbons (Fsp3) is 0.562. The third-order valence-corrected chi connectivity index (χ3v) is 3.90. The molecule has 20 heavy (non-hydrogen) atoms. The van der Waals surface area contributed by atoms with Crippen molar-refractivity contribution in [1.29, 1.82) is 0 Å². The molecular formula is C16H24N2O2. The molecule has 2 rings (SSSR count). The van der Waals surface area contributed by atoms with Crippen LogP contribution in [0.5, 0.6) is 0 Å². The average molecular weight is 276 g/mol. The number of amides is 1. The van der Waals surface area contributed by atoms with E-state index >= 15 is 0 Å². The molecule has 1 aromatic rings. The second kappa shape index (κ2) is 6.86. The first-order valence-corrected chi connectivity index (χ1v) is 7.35. The molecule has 0 heterocycles. The van der Waals surface area contributed by atoms with Crippen LogP contribution in [0, 0.1) is 0 Å². The quantitative estimate of drug-likeness (QED) is 0.687. The van der Waals surface area contributed by atoms with Crippen LogP contribution in [0.4, 0.5) is 0 Å². The number of benzene rings is 1. The number of hydrogen-bond donors (Lipinski definition) is 3. The van der Waals surface area contributed by atoms with Gasteiger partial charge in [0.15, 0.2) is 0 Å². The Labute approximate surface area is 120 Å². The lowest BCUT2D eigenvalue weighted by Crippen LogP contribution is -2.38. The zero-order valence-corrected chi connectivity index (χ0v) is 12.3. The maximum Gasteiger partial charge on any atom is 0.216 e. The lowest BCUT2D eigenvalue weighted by molar-refractivity contribution is -0.118. The lowest BCUT2D eigenvalue weighted by Gasteiger charge is -2.21. The molecule has 4 heteroatoms. The Bertz CT molecular complexity index is 474. The van der Waals surface area contributed by atoms with Crippen molar-refractivity contribution in [1.82, 2.24) is 10.6 Å². The smallest absolute Gasteiger partial charge is 0.216 e. The number of nitrogens with one attached hydrogen (secondary N) is 2. The van der Waals surface area contributed by atoms with Crippen molar-refractivity contribution in [2.24, 2.45) is 0 Å². The molecule has 0 saturated carbocycles. The summed E-state index contributed by atoms with van der Waals surface area (Å²) in [5.74, 6) is -0.0291. The molecule has 0 saturated heterocycles. The number of carbonyl (C=O) groups is 1. The minimum absolute atomic E-state index is 0.0291. The third kappa shape index (κ3) is 3.81. The molecule has 1 aliphatic carbocycles. The maximum absolute atomic E-state index is 10.8. The average Bonchev–Trinajstić information content (AvgIpc) is 2.89. The highest BCUT2D eigenvalue weighted by atomic mass is 16.3. The fourth-order valence-electron chi connectivity index (χ4n) is 2.71. The molecule has 2 atom stereocenters. The summed E-state index contributed by atoms with van der Waals surface area (Å²) in [6, 6.07) is 6.27. The Morgan fingerprint density at radius 1 is 1.30 bits per heavy atom. The van der Waals surface area contributed by atoms with Crippen LogP contribution in [0.3, 0.4) is 0 Å². The molecule has 4 nitrogen and oxygen atoms in total. The largest absolute Gasteiger partial charge is 0.387 e. The highest BCUT2D eigenvalue weighted by Gasteiger charge is 2.18. The van der Waals surface area contributed by atoms with Crippen LogP contribution in [0.1, 0.15) is 43.1 Å². The molecule has 0 fully saturated rings. The minimum Gasteiger partial charge on any atom is -0.387 e. The van der Waals surface area contributed by atoms with Gasteiger partial charge in [0, 0.05) is 26.1 Å². The Kier molecular flexibility index (Phi) is 5.15. The van der Waals surface area contributed by atoms with Gasteiger partial charge in [-0.3, -0.25) is 4.79 Å². The van der Waals surface area contributed by atoms with Crippen LogP contribution in [-0.2, 0) is 17.6 Å². The topological polar surface area (TPSA) is 61.4 Å². The first kappa shape index (κ1) is 15.0. The van der Waals surface area contributed by atoms with Gasteiger partial charge < -0.3 is 15.7 Å². The number of hydrogen-bond acceptors (Lipinski definition) is 3. The van der Waals surface area contributed by atoms with E-state index in [-0.39, 0.29) is 11.9 Å². The molecule has 0 aromatic heterocycles. The predicted molar refractivity (Wildman–Crippen MR) is 79.6 cm³/mol. The standard InChI is InChI=1S/C16H24N2O2/c1-11(17-8-9-18-12(2)19)16(20)15-7-6-13-4-3-5-14(13)10-15/h6-7,10-11,16-17,20H,3-5,8-9H2,1-2H3,(H,18,19). The Morgan fingerprint density at radius 3 is 2.80 bits per heavy atom. The van der Waals surface area contributed by atoms with Gasteiger partial charge in [-0.2, -0.15) is 0 Å². The molecule has 0 bridgehead atoms. The van der Waals surface area contributed by atoms with Crippen LogP contribution in [0.2, 0.25) is 0 Å². The molecule has 110 valence electrons. The lowest BCUT2D eigenvalue weighted by atomic mass is 9.99. The Hall–Kier alpha value is -1.39. The van der Waals surface area contributed by atoms with Gasteiger partial charge in [0.1, 0.15) is 0 Å². The van der Waals surface area contributed by atoms with E-state index in [0.29, 0.717) is 13.1 Å². The monoisotopic (exact) mass is 276 g/mol. The summed E-state index contributed by atoms with van der Waals surface area (Å²) in [4.78, 5) is 10.8. The van der Waals surface area contributed by atoms with Crippen LogP contribution in [0.25, 0.3) is 0 Å². The van der Waals surface area contributed by atoms with Crippen LogP contribution >= 0.6 is 0 Å². The van der Waals surface area contributed by atoms with Gasteiger partial charge in [-0.25, -0.2) is 0 Å². The zero-order valence-electron chi connectivity index (χ0n) is 12.3. The van der Waals surface area contributed by atoms with Crippen molar-refractivity contribution in [2.45, 2.75) is 45.3 Å². The molecule has 2 unspecified atom stereocenters. The third-order valence-electron chi connectivity index (χ3n) is 3.90. The van der Waals surface area contributed by atoms with Crippen molar-refractivity contribution in [3.05, 3.63) is 34.9 Å². The van der Waals surface area contributed by atoms with Gasteiger partial charge in [0.25, 0.3) is 0 Å². The highest BCUT2D eigenvalue weighted by molar-refractivity contribution is 5.72. The van der Waals surface area contributed by atoms with E-state index in [9.17, 15) is 9.90 Å². The van der Waals surface area contributed by atoms with Crippen LogP contribution < -0.4 is 10.6 Å². The summed E-state index contributed by atoms with van der Waals surface area (Å²) in [7, 11) is 0. The van der Waals surface area contributed by atoms with Crippen molar-refractivity contribution in [3.63, 3.8) is 0 Å². The normalized spacial score (nSPS) is 16.6. The number of aliphatic hydroxyl groups is 1. The number of rotatable bonds is 6. The van der Waals surface area contributed by atoms with E-state index in [1.54, 1.807) is 0 Å². The maximum atomic E-state index is 10.8. The summed E-state index contributed by atoms with van der Waals surface area (Å²) >= 11 is 0. The van der Waals surface area contributed by atoms with Crippen molar-refractivity contribution in [3.8, 4) is 0 Å². The predicted octanol–water partition coefficient (Wildman–Crippen LogP) is 1.32. The molecule has 0 aliphatic heterocycles. The van der Waals surface area contributed by atoms with Crippen LogP contribution in [0.15, 0.2) is 18.2 Å². The molecular weight excluding hydrogens is 252 g/mol. The second-order valence-electron chi connectivity index (χ2n) is 5.55. The summed E-state index contributed by atoms with van der Waals surface area (Å²) in [5.41, 5.74) is 3.78. The molecule has 1 amide bonds. The summed E-state index contributed by atoms with van der Waals surface area (Å²) < 4.78 is 0. The van der Waals surface area contributed by atoms with Gasteiger partial charge in [-0.15, -0.1) is 0 Å². The van der Waals surface area contributed by atoms with Crippen molar-refractivity contribution in [2.75, 3.05) is 13.1 Å². The zero-order chi connectivity index (χ0) is 14.5. The van der Waals surface area contributed by atoms with E-state index in [1.807, 2.05) is 13.0 Å². The number of aryl methyl sites for hydroxylation is 2. The SMILES string of the molecule is CC(=O)NCCNC(C)C(O)c1ccc2c(c1)CCC2. The Morgan fingerprint density at radius 2 is 2.05 bits per heavy atom. The van der Waals surface area contributed by atoms with Gasteiger partial charge in [0.2, 0.25) is 5.91 Å². The summed E-state index contributed by atoms with van der Waals surface area (Å²) in [6.45, 7) is 4.70. The molecule has 0 spiro atoms. The minimum atomic E-state index is -0.516. The number of fused-ring (bicyclic) bond motifs is 1. The van der Waals surface area contributed by atoms with E-state index in [2.05, 4.69) is 22.8 Å². The fourth-order valence-corrected chi connectivity index (χ4v) is 2.71. The molecule has 3 N–H and O–H groups in total. The molecule has 0 radical (unpaired) electrons. The van der Waals surface area contributed by atoms with Gasteiger partial charge in [-0.05, 0) is 42.9 Å². The van der Waals surface area contributed by atoms with E-state index < -0.39 is 6.10 Å². The van der Waals surface area contributed by atoms with Crippen molar-refractivity contribution < 1.29 is 9.90 Å². The summed E-state index contributed by atoms with van der Waals surface area (Å²) in [6.07, 6.45) is 2.99. The molecule has 1 aliphatic rings. The molecule has 1 aromatic carbocycles. The van der Waals surface area contributed by atoms with E-state index in [4.69, 9.17) is 0 Å². The van der Waals surface area contributed by atoms with Gasteiger partial charge in [0.05, 0.1) is 6.10 Å². The van der Waals surface area contributed by atoms with Crippen molar-refractivity contribution >= 4 is 5.91 Å². The first-order valence-electron chi connectivity index (χ1n) is 7.35. The number of carbonyl (C=O) groups excluding carboxylic acids is 1. The number of aliphatic hydroxyl groups excluding tert-OH is 1. The second-order valence-corrected chi connectivity index (χ2v) is 5.55. The summed E-state index contributed by atoms with van der Waals surface area (Å²) in [5, 5.41) is 16.3. The first-order chi connectivity index (χ1) is 9.58. The van der Waals surface area contributed by atoms with Gasteiger partial charge in [-0.1, -0.05) is 18.2 Å². The van der Waals surface area contributed by atoms with Gasteiger partial charge >= 0.3 is 0 Å². The van der Waals surface area contributed by atoms with Crippen LogP contribution in [-0.4, -0.2) is 30.1 Å². The highest BCUT2D eigenvalue weighted by Crippen LogP contribution is 2.26. The van der Waals surface area contributed by atoms with E-state index in [0.717, 1.165) is 18.4 Å².